The highest BCUT2D eigenvalue weighted by molar-refractivity contribution is 7.12. The van der Waals surface area contributed by atoms with Crippen molar-refractivity contribution in [2.75, 3.05) is 6.54 Å². The SMILES string of the molecule is Cc1cc(F)ccc1CCNCc1ccsc1C(=O)O. The van der Waals surface area contributed by atoms with E-state index in [2.05, 4.69) is 5.32 Å². The Balaban J connectivity index is 1.84. The third kappa shape index (κ3) is 3.65. The van der Waals surface area contributed by atoms with E-state index in [1.165, 1.54) is 23.5 Å². The first kappa shape index (κ1) is 14.7. The van der Waals surface area contributed by atoms with Gasteiger partial charge in [0.05, 0.1) is 0 Å². The van der Waals surface area contributed by atoms with Crippen LogP contribution in [0.5, 0.6) is 0 Å². The van der Waals surface area contributed by atoms with Gasteiger partial charge in [-0.25, -0.2) is 9.18 Å². The second kappa shape index (κ2) is 6.63. The fourth-order valence-electron chi connectivity index (χ4n) is 2.05. The third-order valence-corrected chi connectivity index (χ3v) is 4.08. The predicted octanol–water partition coefficient (Wildman–Crippen LogP) is 3.23. The van der Waals surface area contributed by atoms with Crippen LogP contribution in [0.3, 0.4) is 0 Å². The Morgan fingerprint density at radius 2 is 2.15 bits per heavy atom. The van der Waals surface area contributed by atoms with Crippen molar-refractivity contribution in [1.82, 2.24) is 5.32 Å². The Kier molecular flexibility index (Phi) is 4.87. The second-order valence-corrected chi connectivity index (χ2v) is 5.49. The molecule has 0 bridgehead atoms. The van der Waals surface area contributed by atoms with Gasteiger partial charge >= 0.3 is 5.97 Å². The summed E-state index contributed by atoms with van der Waals surface area (Å²) in [6, 6.07) is 6.60. The van der Waals surface area contributed by atoms with Crippen LogP contribution in [-0.4, -0.2) is 17.6 Å². The molecule has 2 N–H and O–H groups in total. The van der Waals surface area contributed by atoms with Crippen LogP contribution in [-0.2, 0) is 13.0 Å². The van der Waals surface area contributed by atoms with Gasteiger partial charge in [0, 0.05) is 6.54 Å². The number of halogens is 1. The van der Waals surface area contributed by atoms with E-state index >= 15 is 0 Å². The number of carbonyl (C=O) groups is 1. The zero-order chi connectivity index (χ0) is 14.5. The first-order chi connectivity index (χ1) is 9.58. The second-order valence-electron chi connectivity index (χ2n) is 4.58. The fourth-order valence-corrected chi connectivity index (χ4v) is 2.81. The Morgan fingerprint density at radius 1 is 1.35 bits per heavy atom. The average Bonchev–Trinajstić information content (AvgIpc) is 2.85. The van der Waals surface area contributed by atoms with Crippen LogP contribution < -0.4 is 5.32 Å². The van der Waals surface area contributed by atoms with Gasteiger partial charge in [0.15, 0.2) is 0 Å². The molecule has 5 heteroatoms. The zero-order valence-electron chi connectivity index (χ0n) is 11.1. The molecule has 3 nitrogen and oxygen atoms in total. The third-order valence-electron chi connectivity index (χ3n) is 3.13. The number of rotatable bonds is 6. The Hall–Kier alpha value is -1.72. The van der Waals surface area contributed by atoms with Crippen LogP contribution in [0, 0.1) is 12.7 Å². The maximum Gasteiger partial charge on any atom is 0.346 e. The monoisotopic (exact) mass is 293 g/mol. The standard InChI is InChI=1S/C15H16FNO2S/c1-10-8-13(16)3-2-11(10)4-6-17-9-12-5-7-20-14(12)15(18)19/h2-3,5,7-8,17H,4,6,9H2,1H3,(H,18,19). The first-order valence-corrected chi connectivity index (χ1v) is 7.21. The summed E-state index contributed by atoms with van der Waals surface area (Å²) in [5, 5.41) is 14.0. The van der Waals surface area contributed by atoms with Gasteiger partial charge in [-0.3, -0.25) is 0 Å². The van der Waals surface area contributed by atoms with Crippen molar-refractivity contribution < 1.29 is 14.3 Å². The summed E-state index contributed by atoms with van der Waals surface area (Å²) in [7, 11) is 0. The van der Waals surface area contributed by atoms with Crippen LogP contribution >= 0.6 is 11.3 Å². The molecule has 0 aliphatic rings. The van der Waals surface area contributed by atoms with E-state index in [-0.39, 0.29) is 5.82 Å². The Morgan fingerprint density at radius 3 is 2.85 bits per heavy atom. The van der Waals surface area contributed by atoms with Gasteiger partial charge in [-0.1, -0.05) is 6.07 Å². The molecule has 0 saturated heterocycles. The first-order valence-electron chi connectivity index (χ1n) is 6.33. The summed E-state index contributed by atoms with van der Waals surface area (Å²) in [5.41, 5.74) is 2.84. The van der Waals surface area contributed by atoms with Crippen LogP contribution in [0.15, 0.2) is 29.6 Å². The molecule has 106 valence electrons. The van der Waals surface area contributed by atoms with Crippen molar-refractivity contribution >= 4 is 17.3 Å². The molecule has 2 rings (SSSR count). The van der Waals surface area contributed by atoms with Gasteiger partial charge in [0.25, 0.3) is 0 Å². The van der Waals surface area contributed by atoms with E-state index < -0.39 is 5.97 Å². The molecule has 0 aliphatic heterocycles. The van der Waals surface area contributed by atoms with Gasteiger partial charge in [0.1, 0.15) is 10.7 Å². The van der Waals surface area contributed by atoms with E-state index in [4.69, 9.17) is 5.11 Å². The molecule has 1 heterocycles. The molecule has 0 radical (unpaired) electrons. The highest BCUT2D eigenvalue weighted by Gasteiger charge is 2.10. The van der Waals surface area contributed by atoms with Crippen LogP contribution in [0.25, 0.3) is 0 Å². The normalized spacial score (nSPS) is 10.7. The van der Waals surface area contributed by atoms with Crippen molar-refractivity contribution in [1.29, 1.82) is 0 Å². The molecule has 0 amide bonds. The molecule has 0 aliphatic carbocycles. The molecule has 0 unspecified atom stereocenters. The number of benzene rings is 1. The van der Waals surface area contributed by atoms with Crippen molar-refractivity contribution in [2.45, 2.75) is 19.9 Å². The summed E-state index contributed by atoms with van der Waals surface area (Å²) in [5.74, 6) is -1.10. The van der Waals surface area contributed by atoms with Crippen molar-refractivity contribution in [3.05, 3.63) is 57.0 Å². The lowest BCUT2D eigenvalue weighted by Gasteiger charge is -2.07. The summed E-state index contributed by atoms with van der Waals surface area (Å²) in [6.45, 7) is 3.15. The number of hydrogen-bond donors (Lipinski definition) is 2. The number of aromatic carboxylic acids is 1. The quantitative estimate of drug-likeness (QED) is 0.804. The average molecular weight is 293 g/mol. The molecule has 0 saturated carbocycles. The molecule has 20 heavy (non-hydrogen) atoms. The molecular formula is C15H16FNO2S. The molecule has 0 spiro atoms. The maximum absolute atomic E-state index is 13.0. The number of carboxylic acid groups (broad SMARTS) is 1. The van der Waals surface area contributed by atoms with Crippen LogP contribution in [0.4, 0.5) is 4.39 Å². The number of carboxylic acids is 1. The minimum atomic E-state index is -0.883. The molecule has 2 aromatic rings. The van der Waals surface area contributed by atoms with Crippen molar-refractivity contribution in [3.8, 4) is 0 Å². The van der Waals surface area contributed by atoms with E-state index in [0.29, 0.717) is 11.4 Å². The van der Waals surface area contributed by atoms with Gasteiger partial charge < -0.3 is 10.4 Å². The van der Waals surface area contributed by atoms with Crippen molar-refractivity contribution in [2.24, 2.45) is 0 Å². The summed E-state index contributed by atoms with van der Waals surface area (Å²) < 4.78 is 13.0. The van der Waals surface area contributed by atoms with Gasteiger partial charge in [-0.2, -0.15) is 0 Å². The molecule has 1 aromatic carbocycles. The van der Waals surface area contributed by atoms with Gasteiger partial charge in [-0.15, -0.1) is 11.3 Å². The van der Waals surface area contributed by atoms with E-state index in [1.807, 2.05) is 13.0 Å². The van der Waals surface area contributed by atoms with E-state index in [1.54, 1.807) is 11.4 Å². The summed E-state index contributed by atoms with van der Waals surface area (Å²) >= 11 is 1.23. The highest BCUT2D eigenvalue weighted by Crippen LogP contribution is 2.16. The lowest BCUT2D eigenvalue weighted by molar-refractivity contribution is 0.0701. The van der Waals surface area contributed by atoms with Gasteiger partial charge in [-0.05, 0) is 60.2 Å². The summed E-state index contributed by atoms with van der Waals surface area (Å²) in [6.07, 6.45) is 0.790. The summed E-state index contributed by atoms with van der Waals surface area (Å²) in [4.78, 5) is 11.3. The topological polar surface area (TPSA) is 49.3 Å². The largest absolute Gasteiger partial charge is 0.477 e. The Bertz CT molecular complexity index is 610. The molecule has 0 atom stereocenters. The lowest BCUT2D eigenvalue weighted by Crippen LogP contribution is -2.18. The Labute approximate surface area is 121 Å². The smallest absolute Gasteiger partial charge is 0.346 e. The number of thiophene rings is 1. The fraction of sp³-hybridized carbons (Fsp3) is 0.267. The van der Waals surface area contributed by atoms with Gasteiger partial charge in [0.2, 0.25) is 0 Å². The maximum atomic E-state index is 13.0. The number of nitrogens with one attached hydrogen (secondary N) is 1. The minimum absolute atomic E-state index is 0.219. The molecule has 0 fully saturated rings. The molecular weight excluding hydrogens is 277 g/mol. The van der Waals surface area contributed by atoms with Crippen molar-refractivity contribution in [3.63, 3.8) is 0 Å². The van der Waals surface area contributed by atoms with Crippen LogP contribution in [0.2, 0.25) is 0 Å². The lowest BCUT2D eigenvalue weighted by atomic mass is 10.1. The predicted molar refractivity (Wildman–Crippen MR) is 77.8 cm³/mol. The highest BCUT2D eigenvalue weighted by atomic mass is 32.1. The van der Waals surface area contributed by atoms with E-state index in [9.17, 15) is 9.18 Å². The minimum Gasteiger partial charge on any atom is -0.477 e. The van der Waals surface area contributed by atoms with E-state index in [0.717, 1.165) is 29.7 Å². The zero-order valence-corrected chi connectivity index (χ0v) is 12.0. The molecule has 1 aromatic heterocycles. The van der Waals surface area contributed by atoms with Crippen LogP contribution in [0.1, 0.15) is 26.4 Å². The number of aryl methyl sites for hydroxylation is 1. The number of hydrogen-bond acceptors (Lipinski definition) is 3.